The third-order valence-corrected chi connectivity index (χ3v) is 8.37. The van der Waals surface area contributed by atoms with E-state index in [1.54, 1.807) is 0 Å². The van der Waals surface area contributed by atoms with Crippen molar-refractivity contribution in [3.8, 4) is 0 Å². The fourth-order valence-corrected chi connectivity index (χ4v) is 7.45. The summed E-state index contributed by atoms with van der Waals surface area (Å²) in [7, 11) is -3.07. The molecular weight excluding hydrogens is 394 g/mol. The van der Waals surface area contributed by atoms with Gasteiger partial charge in [-0.15, -0.1) is 0 Å². The highest BCUT2D eigenvalue weighted by Crippen LogP contribution is 2.41. The van der Waals surface area contributed by atoms with Gasteiger partial charge < -0.3 is 9.80 Å². The molecule has 1 amide bonds. The molecule has 3 rings (SSSR count). The fourth-order valence-electron chi connectivity index (χ4n) is 3.53. The number of hydrogen-bond donors (Lipinski definition) is 0. The van der Waals surface area contributed by atoms with Gasteiger partial charge in [-0.05, 0) is 38.1 Å². The molecule has 2 fully saturated rings. The van der Waals surface area contributed by atoms with Gasteiger partial charge in [0.15, 0.2) is 15.0 Å². The zero-order valence-corrected chi connectivity index (χ0v) is 18.8. The first-order chi connectivity index (χ1) is 13.1. The molecule has 2 aliphatic rings. The lowest BCUT2D eigenvalue weighted by atomic mass is 9.96. The first-order valence-corrected chi connectivity index (χ1v) is 12.4. The van der Waals surface area contributed by atoms with Crippen molar-refractivity contribution >= 4 is 44.0 Å². The summed E-state index contributed by atoms with van der Waals surface area (Å²) in [5.74, 6) is 0.0483. The van der Waals surface area contributed by atoms with Crippen LogP contribution in [0.15, 0.2) is 29.3 Å². The van der Waals surface area contributed by atoms with E-state index in [0.29, 0.717) is 5.17 Å². The molecule has 0 saturated carbocycles. The molecule has 2 saturated heterocycles. The van der Waals surface area contributed by atoms with Gasteiger partial charge in [0.25, 0.3) is 5.91 Å². The Morgan fingerprint density at radius 3 is 2.32 bits per heavy atom. The summed E-state index contributed by atoms with van der Waals surface area (Å²) in [6, 6.07) is 7.91. The second-order valence-corrected chi connectivity index (χ2v) is 11.7. The number of rotatable bonds is 4. The molecular formula is C20H29N3O3S2. The van der Waals surface area contributed by atoms with E-state index in [9.17, 15) is 13.2 Å². The highest BCUT2D eigenvalue weighted by atomic mass is 32.2. The molecule has 154 valence electrons. The Morgan fingerprint density at radius 2 is 1.79 bits per heavy atom. The second kappa shape index (κ2) is 7.71. The van der Waals surface area contributed by atoms with E-state index in [1.165, 1.54) is 11.8 Å². The lowest BCUT2D eigenvalue weighted by molar-refractivity contribution is -0.124. The molecule has 1 aromatic rings. The average Bonchev–Trinajstić information content (AvgIpc) is 3.06. The first kappa shape index (κ1) is 21.2. The minimum absolute atomic E-state index is 0.0843. The van der Waals surface area contributed by atoms with Crippen molar-refractivity contribution in [1.82, 2.24) is 0 Å². The molecule has 1 aromatic carbocycles. The molecule has 2 aliphatic heterocycles. The first-order valence-electron chi connectivity index (χ1n) is 9.70. The zero-order valence-electron chi connectivity index (χ0n) is 17.2. The topological polar surface area (TPSA) is 70.0 Å². The molecule has 6 nitrogen and oxygen atoms in total. The fraction of sp³-hybridized carbons (Fsp3) is 0.600. The number of benzene rings is 1. The zero-order chi connectivity index (χ0) is 20.7. The molecule has 0 unspecified atom stereocenters. The van der Waals surface area contributed by atoms with E-state index in [-0.39, 0.29) is 28.7 Å². The Balaban J connectivity index is 1.97. The minimum Gasteiger partial charge on any atom is -0.372 e. The second-order valence-electron chi connectivity index (χ2n) is 8.31. The van der Waals surface area contributed by atoms with Crippen molar-refractivity contribution in [1.29, 1.82) is 0 Å². The van der Waals surface area contributed by atoms with E-state index < -0.39 is 15.3 Å². The van der Waals surface area contributed by atoms with Gasteiger partial charge in [-0.25, -0.2) is 8.42 Å². The van der Waals surface area contributed by atoms with Gasteiger partial charge >= 0.3 is 0 Å². The van der Waals surface area contributed by atoms with E-state index in [2.05, 4.69) is 23.7 Å². The molecule has 2 atom stereocenters. The van der Waals surface area contributed by atoms with Crippen molar-refractivity contribution in [2.24, 2.45) is 10.4 Å². The Labute approximate surface area is 172 Å². The van der Waals surface area contributed by atoms with Crippen LogP contribution in [0.1, 0.15) is 34.6 Å². The van der Waals surface area contributed by atoms with E-state index >= 15 is 0 Å². The number of carbonyl (C=O) groups is 1. The van der Waals surface area contributed by atoms with Gasteiger partial charge in [0.1, 0.15) is 0 Å². The van der Waals surface area contributed by atoms with Gasteiger partial charge in [-0.1, -0.05) is 32.5 Å². The van der Waals surface area contributed by atoms with Crippen LogP contribution in [-0.2, 0) is 14.6 Å². The Hall–Kier alpha value is -1.54. The number of hydrogen-bond acceptors (Lipinski definition) is 5. The van der Waals surface area contributed by atoms with Gasteiger partial charge in [0, 0.05) is 35.1 Å². The molecule has 0 N–H and O–H groups in total. The smallest absolute Gasteiger partial charge is 0.253 e. The predicted octanol–water partition coefficient (Wildman–Crippen LogP) is 3.18. The maximum Gasteiger partial charge on any atom is 0.253 e. The van der Waals surface area contributed by atoms with Gasteiger partial charge in [-0.2, -0.15) is 4.99 Å². The van der Waals surface area contributed by atoms with Crippen molar-refractivity contribution < 1.29 is 13.2 Å². The maximum atomic E-state index is 12.5. The number of nitrogens with zero attached hydrogens (tertiary/aromatic N) is 3. The quantitative estimate of drug-likeness (QED) is 0.741. The molecule has 8 heteroatoms. The molecule has 0 spiro atoms. The van der Waals surface area contributed by atoms with E-state index in [4.69, 9.17) is 0 Å². The Morgan fingerprint density at radius 1 is 1.18 bits per heavy atom. The summed E-state index contributed by atoms with van der Waals surface area (Å²) in [5, 5.41) is 0.527. The van der Waals surface area contributed by atoms with Gasteiger partial charge in [0.05, 0.1) is 17.5 Å². The van der Waals surface area contributed by atoms with Crippen LogP contribution in [0.2, 0.25) is 0 Å². The standard InChI is InChI=1S/C20H29N3O3S2/c1-6-22(7-2)14-8-10-15(11-9-14)23-16-12-28(25,26)13-17(16)27-19(23)21-18(24)20(3,4)5/h8-11,16-17H,6-7,12-13H2,1-5H3/t16-,17-/m0/s1. The lowest BCUT2D eigenvalue weighted by Crippen LogP contribution is -2.38. The van der Waals surface area contributed by atoms with Crippen LogP contribution < -0.4 is 9.80 Å². The number of carbonyl (C=O) groups excluding carboxylic acids is 1. The third-order valence-electron chi connectivity index (χ3n) is 5.16. The number of sulfone groups is 1. The van der Waals surface area contributed by atoms with Crippen LogP contribution in [0.3, 0.4) is 0 Å². The number of amides is 1. The number of aliphatic imine (C=N–C) groups is 1. The van der Waals surface area contributed by atoms with Crippen LogP contribution >= 0.6 is 11.8 Å². The van der Waals surface area contributed by atoms with Crippen LogP contribution in [0, 0.1) is 5.41 Å². The summed E-state index contributed by atoms with van der Waals surface area (Å²) in [6.07, 6.45) is 0. The summed E-state index contributed by atoms with van der Waals surface area (Å²) in [4.78, 5) is 21.1. The predicted molar refractivity (Wildman–Crippen MR) is 118 cm³/mol. The van der Waals surface area contributed by atoms with Crippen LogP contribution in [-0.4, -0.2) is 55.4 Å². The number of thioether (sulfide) groups is 1. The Kier molecular flexibility index (Phi) is 5.83. The summed E-state index contributed by atoms with van der Waals surface area (Å²) >= 11 is 1.42. The summed E-state index contributed by atoms with van der Waals surface area (Å²) < 4.78 is 24.4. The summed E-state index contributed by atoms with van der Waals surface area (Å²) in [5.41, 5.74) is 1.43. The van der Waals surface area contributed by atoms with Crippen molar-refractivity contribution in [3.05, 3.63) is 24.3 Å². The summed E-state index contributed by atoms with van der Waals surface area (Å²) in [6.45, 7) is 11.6. The largest absolute Gasteiger partial charge is 0.372 e. The molecule has 2 heterocycles. The SMILES string of the molecule is CCN(CC)c1ccc(N2C(=NC(=O)C(C)(C)C)S[C@H]3CS(=O)(=O)C[C@@H]32)cc1. The average molecular weight is 424 g/mol. The van der Waals surface area contributed by atoms with Crippen LogP contribution in [0.4, 0.5) is 11.4 Å². The highest BCUT2D eigenvalue weighted by molar-refractivity contribution is 8.16. The van der Waals surface area contributed by atoms with Gasteiger partial charge in [0.2, 0.25) is 0 Å². The number of fused-ring (bicyclic) bond motifs is 1. The van der Waals surface area contributed by atoms with Gasteiger partial charge in [-0.3, -0.25) is 4.79 Å². The van der Waals surface area contributed by atoms with Crippen LogP contribution in [0.25, 0.3) is 0 Å². The monoisotopic (exact) mass is 423 g/mol. The third kappa shape index (κ3) is 4.22. The molecule has 0 bridgehead atoms. The highest BCUT2D eigenvalue weighted by Gasteiger charge is 2.49. The maximum absolute atomic E-state index is 12.5. The minimum atomic E-state index is -3.07. The lowest BCUT2D eigenvalue weighted by Gasteiger charge is -2.27. The van der Waals surface area contributed by atoms with Crippen molar-refractivity contribution in [2.75, 3.05) is 34.4 Å². The van der Waals surface area contributed by atoms with Crippen molar-refractivity contribution in [3.63, 3.8) is 0 Å². The van der Waals surface area contributed by atoms with E-state index in [0.717, 1.165) is 24.5 Å². The molecule has 0 aliphatic carbocycles. The van der Waals surface area contributed by atoms with Crippen LogP contribution in [0.5, 0.6) is 0 Å². The number of amidine groups is 1. The molecule has 28 heavy (non-hydrogen) atoms. The number of anilines is 2. The normalized spacial score (nSPS) is 25.2. The van der Waals surface area contributed by atoms with Crippen molar-refractivity contribution in [2.45, 2.75) is 45.9 Å². The van der Waals surface area contributed by atoms with E-state index in [1.807, 2.05) is 49.9 Å². The Bertz CT molecular complexity index is 869. The molecule has 0 radical (unpaired) electrons. The molecule has 0 aromatic heterocycles.